The quantitative estimate of drug-likeness (QED) is 0.293. The van der Waals surface area contributed by atoms with Gasteiger partial charge < -0.3 is 25.8 Å². The van der Waals surface area contributed by atoms with Gasteiger partial charge in [0.2, 0.25) is 11.8 Å². The number of carbonyl (C=O) groups is 2. The number of halogens is 1. The molecular formula is C23H35IN6O2. The third-order valence-corrected chi connectivity index (χ3v) is 6.57. The molecule has 176 valence electrons. The van der Waals surface area contributed by atoms with E-state index in [9.17, 15) is 9.59 Å². The third kappa shape index (κ3) is 6.26. The molecular weight excluding hydrogens is 519 g/mol. The van der Waals surface area contributed by atoms with Gasteiger partial charge in [0, 0.05) is 57.4 Å². The van der Waals surface area contributed by atoms with Crippen LogP contribution in [0.1, 0.15) is 37.7 Å². The number of piperazine rings is 1. The number of likely N-dealkylation sites (tertiary alicyclic amines) is 1. The minimum atomic E-state index is 0. The molecule has 32 heavy (non-hydrogen) atoms. The smallest absolute Gasteiger partial charge is 0.239 e. The number of aliphatic imine (C=N–C) groups is 1. The standard InChI is InChI=1S/C23H34N6O2.HI/c1-24-23(27-19-10-12-29(15-19)22(31)18-4-2-3-5-18)26-14-17-6-8-20(9-7-17)28-13-11-25-21(30)16-28;/h6-9,18-19H,2-5,10-16H2,1H3,(H,25,30)(H2,24,26,27);1H. The van der Waals surface area contributed by atoms with Crippen molar-refractivity contribution in [2.45, 2.75) is 44.7 Å². The average molecular weight is 554 g/mol. The molecule has 1 aromatic carbocycles. The normalized spacial score (nSPS) is 21.8. The van der Waals surface area contributed by atoms with Crippen LogP contribution >= 0.6 is 24.0 Å². The second-order valence-corrected chi connectivity index (χ2v) is 8.76. The van der Waals surface area contributed by atoms with Crippen molar-refractivity contribution < 1.29 is 9.59 Å². The van der Waals surface area contributed by atoms with Crippen LogP contribution in [-0.2, 0) is 16.1 Å². The van der Waals surface area contributed by atoms with Gasteiger partial charge >= 0.3 is 0 Å². The Kier molecular flexibility index (Phi) is 9.01. The van der Waals surface area contributed by atoms with Crippen LogP contribution in [0.2, 0.25) is 0 Å². The molecule has 2 aliphatic heterocycles. The fourth-order valence-corrected chi connectivity index (χ4v) is 4.77. The highest BCUT2D eigenvalue weighted by molar-refractivity contribution is 14.0. The van der Waals surface area contributed by atoms with Gasteiger partial charge in [-0.3, -0.25) is 14.6 Å². The number of hydrogen-bond donors (Lipinski definition) is 3. The summed E-state index contributed by atoms with van der Waals surface area (Å²) in [5.74, 6) is 1.42. The van der Waals surface area contributed by atoms with E-state index in [2.05, 4.69) is 50.1 Å². The third-order valence-electron chi connectivity index (χ3n) is 6.57. The van der Waals surface area contributed by atoms with E-state index >= 15 is 0 Å². The van der Waals surface area contributed by atoms with Gasteiger partial charge in [0.05, 0.1) is 6.54 Å². The van der Waals surface area contributed by atoms with Crippen molar-refractivity contribution >= 4 is 47.4 Å². The fraction of sp³-hybridized carbons (Fsp3) is 0.609. The van der Waals surface area contributed by atoms with Crippen LogP contribution < -0.4 is 20.9 Å². The zero-order chi connectivity index (χ0) is 21.6. The molecule has 3 N–H and O–H groups in total. The summed E-state index contributed by atoms with van der Waals surface area (Å²) in [6, 6.07) is 8.54. The molecule has 0 radical (unpaired) electrons. The summed E-state index contributed by atoms with van der Waals surface area (Å²) >= 11 is 0. The maximum Gasteiger partial charge on any atom is 0.239 e. The zero-order valence-electron chi connectivity index (χ0n) is 18.8. The Hall–Kier alpha value is -2.04. The lowest BCUT2D eigenvalue weighted by atomic mass is 10.1. The Balaban J connectivity index is 0.00000289. The molecule has 0 spiro atoms. The zero-order valence-corrected chi connectivity index (χ0v) is 21.1. The van der Waals surface area contributed by atoms with Crippen LogP contribution in [0.4, 0.5) is 5.69 Å². The van der Waals surface area contributed by atoms with Crippen molar-refractivity contribution in [1.82, 2.24) is 20.9 Å². The Morgan fingerprint density at radius 3 is 2.59 bits per heavy atom. The molecule has 2 saturated heterocycles. The summed E-state index contributed by atoms with van der Waals surface area (Å²) < 4.78 is 0. The predicted octanol–water partition coefficient (Wildman–Crippen LogP) is 1.70. The number of benzene rings is 1. The van der Waals surface area contributed by atoms with Crippen molar-refractivity contribution in [2.24, 2.45) is 10.9 Å². The van der Waals surface area contributed by atoms with E-state index in [1.807, 2.05) is 4.90 Å². The monoisotopic (exact) mass is 554 g/mol. The molecule has 4 rings (SSSR count). The summed E-state index contributed by atoms with van der Waals surface area (Å²) in [7, 11) is 1.77. The van der Waals surface area contributed by atoms with Crippen LogP contribution in [-0.4, -0.2) is 68.5 Å². The van der Waals surface area contributed by atoms with E-state index in [0.717, 1.165) is 56.1 Å². The van der Waals surface area contributed by atoms with E-state index < -0.39 is 0 Å². The number of carbonyl (C=O) groups excluding carboxylic acids is 2. The van der Waals surface area contributed by atoms with Gasteiger partial charge in [-0.05, 0) is 37.0 Å². The van der Waals surface area contributed by atoms with Gasteiger partial charge in [0.1, 0.15) is 0 Å². The van der Waals surface area contributed by atoms with Crippen molar-refractivity contribution in [3.05, 3.63) is 29.8 Å². The number of amides is 2. The first-order valence-corrected chi connectivity index (χ1v) is 11.5. The SMILES string of the molecule is CN=C(NCc1ccc(N2CCNC(=O)C2)cc1)NC1CCN(C(=O)C2CCCC2)C1.I. The molecule has 1 unspecified atom stereocenters. The van der Waals surface area contributed by atoms with Crippen molar-refractivity contribution in [1.29, 1.82) is 0 Å². The van der Waals surface area contributed by atoms with Gasteiger partial charge in [0.15, 0.2) is 5.96 Å². The van der Waals surface area contributed by atoms with E-state index in [1.54, 1.807) is 7.05 Å². The van der Waals surface area contributed by atoms with E-state index in [-0.39, 0.29) is 41.8 Å². The summed E-state index contributed by atoms with van der Waals surface area (Å²) in [5, 5.41) is 9.70. The lowest BCUT2D eigenvalue weighted by Crippen LogP contribution is -2.47. The fourth-order valence-electron chi connectivity index (χ4n) is 4.77. The molecule has 0 aromatic heterocycles. The van der Waals surface area contributed by atoms with Crippen molar-refractivity contribution in [2.75, 3.05) is 44.7 Å². The van der Waals surface area contributed by atoms with Crippen LogP contribution in [0.15, 0.2) is 29.3 Å². The number of rotatable bonds is 5. The maximum atomic E-state index is 12.6. The Morgan fingerprint density at radius 2 is 1.91 bits per heavy atom. The number of nitrogens with one attached hydrogen (secondary N) is 3. The topological polar surface area (TPSA) is 89.1 Å². The minimum absolute atomic E-state index is 0. The van der Waals surface area contributed by atoms with Crippen LogP contribution in [0.5, 0.6) is 0 Å². The van der Waals surface area contributed by atoms with E-state index in [4.69, 9.17) is 0 Å². The Morgan fingerprint density at radius 1 is 1.16 bits per heavy atom. The summed E-state index contributed by atoms with van der Waals surface area (Å²) in [6.45, 7) is 4.19. The Bertz CT molecular complexity index is 809. The summed E-state index contributed by atoms with van der Waals surface area (Å²) in [4.78, 5) is 32.7. The first kappa shape index (κ1) is 24.6. The minimum Gasteiger partial charge on any atom is -0.360 e. The highest BCUT2D eigenvalue weighted by Gasteiger charge is 2.32. The second-order valence-electron chi connectivity index (χ2n) is 8.76. The van der Waals surface area contributed by atoms with E-state index in [1.165, 1.54) is 12.8 Å². The van der Waals surface area contributed by atoms with Gasteiger partial charge in [-0.2, -0.15) is 0 Å². The molecule has 2 amide bonds. The molecule has 1 atom stereocenters. The number of nitrogens with zero attached hydrogens (tertiary/aromatic N) is 3. The average Bonchev–Trinajstić information content (AvgIpc) is 3.49. The van der Waals surface area contributed by atoms with Gasteiger partial charge in [-0.25, -0.2) is 0 Å². The van der Waals surface area contributed by atoms with Gasteiger partial charge in [-0.1, -0.05) is 25.0 Å². The molecule has 3 aliphatic rings. The maximum absolute atomic E-state index is 12.6. The molecule has 0 bridgehead atoms. The number of anilines is 1. The molecule has 1 aliphatic carbocycles. The van der Waals surface area contributed by atoms with Crippen LogP contribution in [0.3, 0.4) is 0 Å². The molecule has 9 heteroatoms. The van der Waals surface area contributed by atoms with E-state index in [0.29, 0.717) is 25.5 Å². The highest BCUT2D eigenvalue weighted by Crippen LogP contribution is 2.27. The molecule has 1 aromatic rings. The molecule has 1 saturated carbocycles. The van der Waals surface area contributed by atoms with Crippen molar-refractivity contribution in [3.8, 4) is 0 Å². The summed E-state index contributed by atoms with van der Waals surface area (Å²) in [6.07, 6.45) is 5.45. The first-order chi connectivity index (χ1) is 15.1. The molecule has 2 heterocycles. The Labute approximate surface area is 207 Å². The number of hydrogen-bond acceptors (Lipinski definition) is 4. The van der Waals surface area contributed by atoms with Crippen LogP contribution in [0, 0.1) is 5.92 Å². The molecule has 8 nitrogen and oxygen atoms in total. The lowest BCUT2D eigenvalue weighted by Gasteiger charge is -2.28. The largest absolute Gasteiger partial charge is 0.360 e. The predicted molar refractivity (Wildman–Crippen MR) is 137 cm³/mol. The second kappa shape index (κ2) is 11.7. The van der Waals surface area contributed by atoms with Gasteiger partial charge in [0.25, 0.3) is 0 Å². The van der Waals surface area contributed by atoms with Crippen LogP contribution in [0.25, 0.3) is 0 Å². The number of guanidine groups is 1. The first-order valence-electron chi connectivity index (χ1n) is 11.5. The molecule has 3 fully saturated rings. The summed E-state index contributed by atoms with van der Waals surface area (Å²) in [5.41, 5.74) is 2.22. The van der Waals surface area contributed by atoms with Crippen molar-refractivity contribution in [3.63, 3.8) is 0 Å². The lowest BCUT2D eigenvalue weighted by molar-refractivity contribution is -0.134. The highest BCUT2D eigenvalue weighted by atomic mass is 127. The van der Waals surface area contributed by atoms with Gasteiger partial charge in [-0.15, -0.1) is 24.0 Å².